The number of benzene rings is 2. The standard InChI is InChI=1S/C28H34F3N3O4/c1-2-38-24-18-34(22-11-13-27(37,14-12-22)20-8-4-3-5-9-20)17-23(24)33-25(35)16-32-26(36)19-7-6-10-21(15-19)28(29,30)31/h3-10,15,22-24,37H,2,11-14,16-18H2,1H3,(H,32,36)(H,33,35)/t22?,23?,24-,27?/m0/s1. The largest absolute Gasteiger partial charge is 0.416 e. The first kappa shape index (κ1) is 28.1. The molecule has 0 spiro atoms. The van der Waals surface area contributed by atoms with E-state index in [1.54, 1.807) is 0 Å². The maximum absolute atomic E-state index is 12.9. The number of hydrogen-bond donors (Lipinski definition) is 3. The highest BCUT2D eigenvalue weighted by Crippen LogP contribution is 2.39. The molecule has 4 rings (SSSR count). The molecule has 1 aliphatic carbocycles. The number of rotatable bonds is 8. The van der Waals surface area contributed by atoms with Crippen LogP contribution in [0.2, 0.25) is 0 Å². The molecular formula is C28H34F3N3O4. The topological polar surface area (TPSA) is 90.9 Å². The van der Waals surface area contributed by atoms with E-state index in [1.807, 2.05) is 37.3 Å². The van der Waals surface area contributed by atoms with Gasteiger partial charge in [-0.3, -0.25) is 14.5 Å². The summed E-state index contributed by atoms with van der Waals surface area (Å²) in [4.78, 5) is 27.2. The first-order valence-corrected chi connectivity index (χ1v) is 13.0. The van der Waals surface area contributed by atoms with Crippen molar-refractivity contribution in [2.45, 2.75) is 62.6 Å². The fourth-order valence-electron chi connectivity index (χ4n) is 5.46. The van der Waals surface area contributed by atoms with Crippen molar-refractivity contribution in [3.8, 4) is 0 Å². The normalized spacial score (nSPS) is 26.2. The lowest BCUT2D eigenvalue weighted by Gasteiger charge is -2.40. The summed E-state index contributed by atoms with van der Waals surface area (Å²) in [6, 6.07) is 13.7. The number of nitrogens with one attached hydrogen (secondary N) is 2. The molecular weight excluding hydrogens is 499 g/mol. The van der Waals surface area contributed by atoms with E-state index in [0.717, 1.165) is 36.6 Å². The van der Waals surface area contributed by atoms with Crippen molar-refractivity contribution in [1.29, 1.82) is 0 Å². The Balaban J connectivity index is 1.30. The van der Waals surface area contributed by atoms with E-state index in [0.29, 0.717) is 32.5 Å². The first-order chi connectivity index (χ1) is 18.1. The Morgan fingerprint density at radius 2 is 1.79 bits per heavy atom. The summed E-state index contributed by atoms with van der Waals surface area (Å²) in [5.74, 6) is -1.20. The molecule has 2 fully saturated rings. The molecule has 2 aromatic rings. The molecule has 7 nitrogen and oxygen atoms in total. The average molecular weight is 534 g/mol. The molecule has 10 heteroatoms. The van der Waals surface area contributed by atoms with E-state index in [2.05, 4.69) is 15.5 Å². The van der Waals surface area contributed by atoms with Gasteiger partial charge in [0.25, 0.3) is 5.91 Å². The summed E-state index contributed by atoms with van der Waals surface area (Å²) in [5, 5.41) is 16.5. The van der Waals surface area contributed by atoms with Crippen LogP contribution in [0.1, 0.15) is 54.1 Å². The number of likely N-dealkylation sites (tertiary alicyclic amines) is 1. The van der Waals surface area contributed by atoms with Crippen LogP contribution < -0.4 is 10.6 Å². The fourth-order valence-corrected chi connectivity index (χ4v) is 5.46. The van der Waals surface area contributed by atoms with E-state index in [1.165, 1.54) is 6.07 Å². The van der Waals surface area contributed by atoms with Crippen LogP contribution >= 0.6 is 0 Å². The molecule has 1 aliphatic heterocycles. The van der Waals surface area contributed by atoms with Gasteiger partial charge in [0.05, 0.1) is 29.9 Å². The van der Waals surface area contributed by atoms with Gasteiger partial charge in [-0.05, 0) is 56.4 Å². The third-order valence-electron chi connectivity index (χ3n) is 7.49. The monoisotopic (exact) mass is 533 g/mol. The summed E-state index contributed by atoms with van der Waals surface area (Å²) in [6.07, 6.45) is -1.85. The van der Waals surface area contributed by atoms with Gasteiger partial charge < -0.3 is 20.5 Å². The van der Waals surface area contributed by atoms with E-state index >= 15 is 0 Å². The Hall–Kier alpha value is -2.95. The molecule has 1 saturated carbocycles. The van der Waals surface area contributed by atoms with Gasteiger partial charge >= 0.3 is 6.18 Å². The van der Waals surface area contributed by atoms with Gasteiger partial charge in [0, 0.05) is 31.3 Å². The van der Waals surface area contributed by atoms with Gasteiger partial charge in [-0.25, -0.2) is 0 Å². The van der Waals surface area contributed by atoms with Crippen molar-refractivity contribution in [2.24, 2.45) is 0 Å². The summed E-state index contributed by atoms with van der Waals surface area (Å²) < 4.78 is 44.7. The van der Waals surface area contributed by atoms with Crippen LogP contribution in [0.3, 0.4) is 0 Å². The molecule has 2 aromatic carbocycles. The molecule has 0 bridgehead atoms. The molecule has 2 amide bonds. The molecule has 2 atom stereocenters. The Morgan fingerprint density at radius 3 is 2.45 bits per heavy atom. The number of nitrogens with zero attached hydrogens (tertiary/aromatic N) is 1. The quantitative estimate of drug-likeness (QED) is 0.484. The second-order valence-corrected chi connectivity index (χ2v) is 10.0. The van der Waals surface area contributed by atoms with Gasteiger partial charge in [0.2, 0.25) is 5.91 Å². The minimum absolute atomic E-state index is 0.167. The van der Waals surface area contributed by atoms with Crippen molar-refractivity contribution in [3.63, 3.8) is 0 Å². The summed E-state index contributed by atoms with van der Waals surface area (Å²) >= 11 is 0. The Morgan fingerprint density at radius 1 is 1.08 bits per heavy atom. The molecule has 206 valence electrons. The zero-order valence-electron chi connectivity index (χ0n) is 21.3. The SMILES string of the molecule is CCO[C@H]1CN(C2CCC(O)(c3ccccc3)CC2)CC1NC(=O)CNC(=O)c1cccc(C(F)(F)F)c1. The molecule has 1 heterocycles. The Labute approximate surface area is 220 Å². The smallest absolute Gasteiger partial charge is 0.385 e. The highest BCUT2D eigenvalue weighted by Gasteiger charge is 2.42. The highest BCUT2D eigenvalue weighted by atomic mass is 19.4. The van der Waals surface area contributed by atoms with E-state index in [9.17, 15) is 27.9 Å². The summed E-state index contributed by atoms with van der Waals surface area (Å²) in [5.41, 5.74) is -0.989. The van der Waals surface area contributed by atoms with E-state index in [-0.39, 0.29) is 30.3 Å². The van der Waals surface area contributed by atoms with Gasteiger partial charge in [0.1, 0.15) is 0 Å². The number of hydrogen-bond acceptors (Lipinski definition) is 5. The minimum Gasteiger partial charge on any atom is -0.385 e. The van der Waals surface area contributed by atoms with Gasteiger partial charge in [0.15, 0.2) is 0 Å². The van der Waals surface area contributed by atoms with Crippen LogP contribution in [0.15, 0.2) is 54.6 Å². The van der Waals surface area contributed by atoms with Crippen LogP contribution in [0.4, 0.5) is 13.2 Å². The fraction of sp³-hybridized carbons (Fsp3) is 0.500. The van der Waals surface area contributed by atoms with Crippen molar-refractivity contribution >= 4 is 11.8 Å². The molecule has 2 aliphatic rings. The van der Waals surface area contributed by atoms with E-state index in [4.69, 9.17) is 4.74 Å². The number of aliphatic hydroxyl groups is 1. The van der Waals surface area contributed by atoms with Crippen molar-refractivity contribution in [2.75, 3.05) is 26.2 Å². The Kier molecular flexibility index (Phi) is 8.74. The van der Waals surface area contributed by atoms with Gasteiger partial charge in [-0.15, -0.1) is 0 Å². The number of halogens is 3. The number of carbonyl (C=O) groups is 2. The zero-order valence-corrected chi connectivity index (χ0v) is 21.3. The third-order valence-corrected chi connectivity index (χ3v) is 7.49. The van der Waals surface area contributed by atoms with Crippen molar-refractivity contribution in [3.05, 3.63) is 71.3 Å². The lowest BCUT2D eigenvalue weighted by Crippen LogP contribution is -2.48. The average Bonchev–Trinajstić information content (AvgIpc) is 3.30. The van der Waals surface area contributed by atoms with Crippen LogP contribution in [0.5, 0.6) is 0 Å². The maximum atomic E-state index is 12.9. The number of carbonyl (C=O) groups excluding carboxylic acids is 2. The molecule has 3 N–H and O–H groups in total. The summed E-state index contributed by atoms with van der Waals surface area (Å²) in [7, 11) is 0. The molecule has 0 radical (unpaired) electrons. The minimum atomic E-state index is -4.56. The lowest BCUT2D eigenvalue weighted by molar-refractivity contribution is -0.137. The third kappa shape index (κ3) is 6.73. The molecule has 38 heavy (non-hydrogen) atoms. The van der Waals surface area contributed by atoms with E-state index < -0.39 is 29.2 Å². The highest BCUT2D eigenvalue weighted by molar-refractivity contribution is 5.96. The van der Waals surface area contributed by atoms with Crippen molar-refractivity contribution in [1.82, 2.24) is 15.5 Å². The van der Waals surface area contributed by atoms with Crippen LogP contribution in [-0.4, -0.2) is 66.2 Å². The van der Waals surface area contributed by atoms with Crippen LogP contribution in [-0.2, 0) is 21.3 Å². The predicted molar refractivity (Wildman–Crippen MR) is 135 cm³/mol. The van der Waals surface area contributed by atoms with Crippen LogP contribution in [0.25, 0.3) is 0 Å². The molecule has 0 aromatic heterocycles. The number of amides is 2. The molecule has 1 saturated heterocycles. The first-order valence-electron chi connectivity index (χ1n) is 13.0. The van der Waals surface area contributed by atoms with Crippen LogP contribution in [0, 0.1) is 0 Å². The Bertz CT molecular complexity index is 1100. The maximum Gasteiger partial charge on any atom is 0.416 e. The summed E-state index contributed by atoms with van der Waals surface area (Å²) in [6.45, 7) is 3.22. The molecule has 1 unspecified atom stereocenters. The van der Waals surface area contributed by atoms with Crippen molar-refractivity contribution < 1.29 is 32.6 Å². The number of alkyl halides is 3. The second kappa shape index (κ2) is 11.8. The van der Waals surface area contributed by atoms with Gasteiger partial charge in [-0.1, -0.05) is 36.4 Å². The number of ether oxygens (including phenoxy) is 1. The zero-order chi connectivity index (χ0) is 27.3. The second-order valence-electron chi connectivity index (χ2n) is 10.0. The lowest BCUT2D eigenvalue weighted by atomic mass is 9.77. The van der Waals surface area contributed by atoms with Gasteiger partial charge in [-0.2, -0.15) is 13.2 Å². The predicted octanol–water partition coefficient (Wildman–Crippen LogP) is 3.47.